The zero-order valence-electron chi connectivity index (χ0n) is 35.5. The van der Waals surface area contributed by atoms with Crippen molar-refractivity contribution < 1.29 is 17.7 Å². The summed E-state index contributed by atoms with van der Waals surface area (Å²) in [5.74, 6) is 0. The van der Waals surface area contributed by atoms with Gasteiger partial charge in [0.2, 0.25) is 0 Å². The average Bonchev–Trinajstić information content (AvgIpc) is 4.13. The highest BCUT2D eigenvalue weighted by molar-refractivity contribution is 9.10. The van der Waals surface area contributed by atoms with E-state index in [1.54, 1.807) is 0 Å². The molecule has 0 aliphatic carbocycles. The van der Waals surface area contributed by atoms with E-state index in [0.717, 1.165) is 142 Å². The molecule has 4 heterocycles. The fraction of sp³-hybridized carbons (Fsp3) is 0. The molecular weight excluding hydrogens is 875 g/mol. The van der Waals surface area contributed by atoms with E-state index in [1.165, 1.54) is 11.0 Å². The van der Waals surface area contributed by atoms with Gasteiger partial charge in [0, 0.05) is 64.3 Å². The minimum absolute atomic E-state index is 0.832. The second kappa shape index (κ2) is 14.2. The van der Waals surface area contributed by atoms with Crippen LogP contribution in [-0.4, -0.2) is 7.85 Å². The topological polar surface area (TPSA) is 52.6 Å². The third-order valence-electron chi connectivity index (χ3n) is 13.5. The van der Waals surface area contributed by atoms with Crippen LogP contribution in [0.15, 0.2) is 216 Å². The smallest absolute Gasteiger partial charge is 0.143 e. The van der Waals surface area contributed by atoms with E-state index in [4.69, 9.17) is 17.7 Å². The fourth-order valence-corrected chi connectivity index (χ4v) is 10.6. The van der Waals surface area contributed by atoms with Gasteiger partial charge in [0.25, 0.3) is 0 Å². The van der Waals surface area contributed by atoms with E-state index in [2.05, 4.69) is 206 Å². The van der Waals surface area contributed by atoms with Crippen LogP contribution in [0, 0.1) is 0 Å². The molecule has 0 fully saturated rings. The van der Waals surface area contributed by atoms with Gasteiger partial charge in [-0.25, -0.2) is 0 Å². The molecule has 4 aromatic heterocycles. The second-order valence-corrected chi connectivity index (χ2v) is 18.2. The molecular formula is C60H34BBrO4. The summed E-state index contributed by atoms with van der Waals surface area (Å²) in [6.45, 7) is 0. The van der Waals surface area contributed by atoms with Crippen LogP contribution >= 0.6 is 15.9 Å². The van der Waals surface area contributed by atoms with Crippen LogP contribution in [0.25, 0.3) is 143 Å². The second-order valence-electron chi connectivity index (χ2n) is 17.4. The van der Waals surface area contributed by atoms with Crippen molar-refractivity contribution in [3.05, 3.63) is 199 Å². The monoisotopic (exact) mass is 908 g/mol. The molecule has 0 amide bonds. The van der Waals surface area contributed by atoms with E-state index in [0.29, 0.717) is 0 Å². The Morgan fingerprint density at radius 2 is 0.712 bits per heavy atom. The van der Waals surface area contributed by atoms with Gasteiger partial charge in [-0.1, -0.05) is 149 Å². The molecule has 66 heavy (non-hydrogen) atoms. The molecule has 0 aliphatic rings. The Morgan fingerprint density at radius 1 is 0.273 bits per heavy atom. The highest BCUT2D eigenvalue weighted by Crippen LogP contribution is 2.45. The van der Waals surface area contributed by atoms with Gasteiger partial charge in [-0.05, 0) is 106 Å². The molecule has 0 aliphatic heterocycles. The molecule has 14 rings (SSSR count). The predicted octanol–water partition coefficient (Wildman–Crippen LogP) is 16.6. The fourth-order valence-electron chi connectivity index (χ4n) is 10.1. The maximum absolute atomic E-state index is 6.93. The average molecular weight is 910 g/mol. The Morgan fingerprint density at radius 3 is 1.36 bits per heavy atom. The van der Waals surface area contributed by atoms with Crippen molar-refractivity contribution in [1.29, 1.82) is 0 Å². The summed E-state index contributed by atoms with van der Waals surface area (Å²) >= 11 is 3.91. The summed E-state index contributed by atoms with van der Waals surface area (Å²) in [6.07, 6.45) is 0. The van der Waals surface area contributed by atoms with Gasteiger partial charge in [-0.2, -0.15) is 0 Å². The maximum Gasteiger partial charge on any atom is 0.143 e. The molecule has 0 bridgehead atoms. The third-order valence-corrected chi connectivity index (χ3v) is 14.2. The molecule has 0 unspecified atom stereocenters. The highest BCUT2D eigenvalue weighted by atomic mass is 79.9. The van der Waals surface area contributed by atoms with Gasteiger partial charge in [0.15, 0.2) is 0 Å². The van der Waals surface area contributed by atoms with Gasteiger partial charge in [0.05, 0.1) is 0 Å². The van der Waals surface area contributed by atoms with E-state index in [9.17, 15) is 0 Å². The summed E-state index contributed by atoms with van der Waals surface area (Å²) in [4.78, 5) is 0. The molecule has 0 saturated carbocycles. The van der Waals surface area contributed by atoms with Crippen molar-refractivity contribution in [1.82, 2.24) is 0 Å². The van der Waals surface area contributed by atoms with Crippen molar-refractivity contribution in [3.8, 4) is 55.6 Å². The molecule has 6 heteroatoms. The molecule has 0 atom stereocenters. The lowest BCUT2D eigenvalue weighted by atomic mass is 9.93. The van der Waals surface area contributed by atoms with Crippen LogP contribution in [-0.2, 0) is 0 Å². The third kappa shape index (κ3) is 5.71. The van der Waals surface area contributed by atoms with E-state index < -0.39 is 0 Å². The lowest BCUT2D eigenvalue weighted by molar-refractivity contribution is 0.668. The summed E-state index contributed by atoms with van der Waals surface area (Å²) in [5.41, 5.74) is 19.0. The van der Waals surface area contributed by atoms with Gasteiger partial charge in [-0.15, -0.1) is 0 Å². The van der Waals surface area contributed by atoms with Gasteiger partial charge in [-0.3, -0.25) is 0 Å². The van der Waals surface area contributed by atoms with Crippen LogP contribution < -0.4 is 5.46 Å². The Kier molecular flexibility index (Phi) is 8.04. The lowest BCUT2D eigenvalue weighted by Crippen LogP contribution is -1.98. The zero-order chi connectivity index (χ0) is 43.6. The zero-order valence-corrected chi connectivity index (χ0v) is 37.1. The van der Waals surface area contributed by atoms with Crippen LogP contribution in [0.4, 0.5) is 0 Å². The lowest BCUT2D eigenvalue weighted by Gasteiger charge is -2.09. The number of furan rings is 4. The molecule has 308 valence electrons. The standard InChI is InChI=1S/C60H34BBrO4/c61-39-21-14-33(15-22-39)34-18-25-55-50(28-34)51-31-37(20-27-56(51)64-55)40-7-3-10-45-44-23-16-38(32-57(44)65-58(40)45)48-29-35(17-24-52(48)62)41-8-4-11-46-47-12-5-9-42(60(47)66-59(41)46)36-19-26-54-49(30-36)43-6-1-2-13-53(43)63-54/h1-32H,61H2. The maximum atomic E-state index is 6.93. The largest absolute Gasteiger partial charge is 0.456 e. The molecule has 10 aromatic carbocycles. The number of halogens is 1. The number of hydrogen-bond donors (Lipinski definition) is 0. The van der Waals surface area contributed by atoms with E-state index >= 15 is 0 Å². The van der Waals surface area contributed by atoms with Gasteiger partial charge >= 0.3 is 0 Å². The molecule has 0 spiro atoms. The van der Waals surface area contributed by atoms with Crippen LogP contribution in [0.1, 0.15) is 0 Å². The molecule has 0 radical (unpaired) electrons. The number of fused-ring (bicyclic) bond motifs is 12. The molecule has 0 saturated heterocycles. The van der Waals surface area contributed by atoms with Crippen molar-refractivity contribution in [2.45, 2.75) is 0 Å². The first-order valence-corrected chi connectivity index (χ1v) is 22.9. The summed E-state index contributed by atoms with van der Waals surface area (Å²) in [5, 5.41) is 8.69. The minimum atomic E-state index is 0.832. The number of hydrogen-bond acceptors (Lipinski definition) is 4. The van der Waals surface area contributed by atoms with Crippen LogP contribution in [0.5, 0.6) is 0 Å². The summed E-state index contributed by atoms with van der Waals surface area (Å²) in [6, 6.07) is 68.5. The number of para-hydroxylation sites is 4. The summed E-state index contributed by atoms with van der Waals surface area (Å²) < 4.78 is 27.3. The first-order chi connectivity index (χ1) is 32.5. The van der Waals surface area contributed by atoms with E-state index in [-0.39, 0.29) is 0 Å². The van der Waals surface area contributed by atoms with E-state index in [1.807, 2.05) is 12.1 Å². The number of benzene rings is 10. The Bertz CT molecular complexity index is 4320. The Hall–Kier alpha value is -8.06. The number of rotatable bonds is 5. The Balaban J connectivity index is 0.846. The normalized spacial score (nSPS) is 12.1. The molecule has 4 nitrogen and oxygen atoms in total. The summed E-state index contributed by atoms with van der Waals surface area (Å²) in [7, 11) is 2.12. The highest BCUT2D eigenvalue weighted by Gasteiger charge is 2.20. The quantitative estimate of drug-likeness (QED) is 0.161. The molecule has 14 aromatic rings. The minimum Gasteiger partial charge on any atom is -0.456 e. The van der Waals surface area contributed by atoms with Crippen LogP contribution in [0.2, 0.25) is 0 Å². The SMILES string of the molecule is Bc1ccc(-c2ccc3oc4ccc(-c5cccc6c5oc5cc(-c7cc(-c8cccc9c8oc8c(-c%10ccc%11oc%12ccccc%12c%11c%10)cccc89)ccc7Br)ccc56)cc4c3c2)cc1. The molecule has 0 N–H and O–H groups in total. The van der Waals surface area contributed by atoms with Crippen molar-refractivity contribution >= 4 is 117 Å². The van der Waals surface area contributed by atoms with Crippen molar-refractivity contribution in [2.24, 2.45) is 0 Å². The first kappa shape index (κ1) is 37.3. The van der Waals surface area contributed by atoms with Gasteiger partial charge in [0.1, 0.15) is 52.5 Å². The predicted molar refractivity (Wildman–Crippen MR) is 279 cm³/mol. The van der Waals surface area contributed by atoms with Crippen molar-refractivity contribution in [2.75, 3.05) is 0 Å². The van der Waals surface area contributed by atoms with Crippen molar-refractivity contribution in [3.63, 3.8) is 0 Å². The van der Waals surface area contributed by atoms with Gasteiger partial charge < -0.3 is 17.7 Å². The van der Waals surface area contributed by atoms with Crippen LogP contribution in [0.3, 0.4) is 0 Å². The first-order valence-electron chi connectivity index (χ1n) is 22.1. The Labute approximate surface area is 386 Å².